The Bertz CT molecular complexity index is 991. The second-order valence-corrected chi connectivity index (χ2v) is 7.73. The van der Waals surface area contributed by atoms with Crippen molar-refractivity contribution in [1.82, 2.24) is 25.7 Å². The van der Waals surface area contributed by atoms with Gasteiger partial charge in [-0.15, -0.1) is 0 Å². The fraction of sp³-hybridized carbons (Fsp3) is 0.304. The fourth-order valence-corrected chi connectivity index (χ4v) is 3.78. The van der Waals surface area contributed by atoms with Crippen molar-refractivity contribution in [3.63, 3.8) is 0 Å². The molecule has 0 unspecified atom stereocenters. The number of nitrogens with one attached hydrogen (secondary N) is 3. The van der Waals surface area contributed by atoms with Crippen LogP contribution in [-0.4, -0.2) is 41.6 Å². The van der Waals surface area contributed by atoms with Gasteiger partial charge in [-0.25, -0.2) is 0 Å². The maximum atomic E-state index is 12.7. The number of aromatic amines is 1. The van der Waals surface area contributed by atoms with Crippen LogP contribution in [0.25, 0.3) is 11.1 Å². The molecular formula is C23H27N5O. The summed E-state index contributed by atoms with van der Waals surface area (Å²) in [4.78, 5) is 14.9. The number of benzene rings is 2. The quantitative estimate of drug-likeness (QED) is 0.606. The predicted octanol–water partition coefficient (Wildman–Crippen LogP) is 2.71. The van der Waals surface area contributed by atoms with Crippen molar-refractivity contribution in [2.24, 2.45) is 0 Å². The Hall–Kier alpha value is -2.96. The lowest BCUT2D eigenvalue weighted by Gasteiger charge is -2.14. The van der Waals surface area contributed by atoms with E-state index in [1.54, 1.807) is 0 Å². The molecule has 4 rings (SSSR count). The number of amides is 1. The second kappa shape index (κ2) is 8.59. The number of H-pyrrole nitrogens is 1. The third-order valence-corrected chi connectivity index (χ3v) is 5.24. The van der Waals surface area contributed by atoms with Crippen LogP contribution in [0.4, 0.5) is 0 Å². The lowest BCUT2D eigenvalue weighted by Crippen LogP contribution is -2.28. The molecule has 2 heterocycles. The number of rotatable bonds is 6. The number of carbonyl (C=O) groups is 1. The van der Waals surface area contributed by atoms with E-state index in [0.717, 1.165) is 47.5 Å². The summed E-state index contributed by atoms with van der Waals surface area (Å²) in [7, 11) is 4.14. The van der Waals surface area contributed by atoms with Crippen molar-refractivity contribution < 1.29 is 4.79 Å². The summed E-state index contributed by atoms with van der Waals surface area (Å²) >= 11 is 0. The van der Waals surface area contributed by atoms with E-state index in [9.17, 15) is 4.79 Å². The highest BCUT2D eigenvalue weighted by Crippen LogP contribution is 2.24. The highest BCUT2D eigenvalue weighted by atomic mass is 16.1. The molecule has 1 aliphatic heterocycles. The van der Waals surface area contributed by atoms with E-state index < -0.39 is 0 Å². The minimum absolute atomic E-state index is 0.137. The van der Waals surface area contributed by atoms with Crippen molar-refractivity contribution in [2.45, 2.75) is 26.1 Å². The summed E-state index contributed by atoms with van der Waals surface area (Å²) < 4.78 is 0. The largest absolute Gasteiger partial charge is 0.347 e. The third kappa shape index (κ3) is 4.39. The summed E-state index contributed by atoms with van der Waals surface area (Å²) in [6.45, 7) is 2.98. The van der Waals surface area contributed by atoms with E-state index >= 15 is 0 Å². The van der Waals surface area contributed by atoms with Crippen LogP contribution in [0.5, 0.6) is 0 Å². The zero-order valence-corrected chi connectivity index (χ0v) is 17.0. The number of fused-ring (bicyclic) bond motifs is 1. The monoisotopic (exact) mass is 389 g/mol. The standard InChI is InChI=1S/C23H27N5O/c1-28(2)15-16-7-9-17(10-8-16)19-6-4-3-5-18(19)13-25-23(29)22-20-14-24-12-11-21(20)26-27-22/h3-10,24H,11-15H2,1-2H3,(H,25,29)(H,26,27). The molecule has 0 saturated heterocycles. The smallest absolute Gasteiger partial charge is 0.272 e. The minimum atomic E-state index is -0.137. The molecule has 0 saturated carbocycles. The molecule has 1 aromatic heterocycles. The lowest BCUT2D eigenvalue weighted by molar-refractivity contribution is 0.0945. The van der Waals surface area contributed by atoms with Gasteiger partial charge in [-0.3, -0.25) is 9.89 Å². The van der Waals surface area contributed by atoms with Crippen LogP contribution >= 0.6 is 0 Å². The van der Waals surface area contributed by atoms with Gasteiger partial charge in [-0.05, 0) is 36.3 Å². The van der Waals surface area contributed by atoms with E-state index in [1.165, 1.54) is 5.56 Å². The molecule has 3 aromatic rings. The van der Waals surface area contributed by atoms with Gasteiger partial charge in [0.2, 0.25) is 0 Å². The predicted molar refractivity (Wildman–Crippen MR) is 114 cm³/mol. The van der Waals surface area contributed by atoms with Crippen molar-refractivity contribution >= 4 is 5.91 Å². The van der Waals surface area contributed by atoms with Crippen molar-refractivity contribution in [1.29, 1.82) is 0 Å². The molecule has 6 nitrogen and oxygen atoms in total. The molecule has 6 heteroatoms. The molecule has 3 N–H and O–H groups in total. The first-order valence-corrected chi connectivity index (χ1v) is 9.99. The summed E-state index contributed by atoms with van der Waals surface area (Å²) in [5, 5.41) is 13.6. The van der Waals surface area contributed by atoms with Gasteiger partial charge in [0, 0.05) is 43.9 Å². The highest BCUT2D eigenvalue weighted by Gasteiger charge is 2.21. The van der Waals surface area contributed by atoms with Crippen molar-refractivity contribution in [3.8, 4) is 11.1 Å². The first kappa shape index (κ1) is 19.4. The molecule has 0 aliphatic carbocycles. The highest BCUT2D eigenvalue weighted by molar-refractivity contribution is 5.94. The van der Waals surface area contributed by atoms with E-state index in [2.05, 4.69) is 76.2 Å². The Morgan fingerprint density at radius 1 is 1.14 bits per heavy atom. The number of hydrogen-bond donors (Lipinski definition) is 3. The zero-order chi connectivity index (χ0) is 20.2. The summed E-state index contributed by atoms with van der Waals surface area (Å²) in [6, 6.07) is 16.8. The van der Waals surface area contributed by atoms with Crippen LogP contribution in [0, 0.1) is 0 Å². The molecule has 150 valence electrons. The van der Waals surface area contributed by atoms with Gasteiger partial charge in [0.15, 0.2) is 5.69 Å². The summed E-state index contributed by atoms with van der Waals surface area (Å²) in [5.74, 6) is -0.137. The Labute approximate surface area is 171 Å². The van der Waals surface area contributed by atoms with Gasteiger partial charge in [0.25, 0.3) is 5.91 Å². The van der Waals surface area contributed by atoms with E-state index in [1.807, 2.05) is 12.1 Å². The first-order chi connectivity index (χ1) is 14.1. The number of aromatic nitrogens is 2. The molecule has 0 spiro atoms. The van der Waals surface area contributed by atoms with Gasteiger partial charge < -0.3 is 15.5 Å². The number of carbonyl (C=O) groups excluding carboxylic acids is 1. The number of nitrogens with zero attached hydrogens (tertiary/aromatic N) is 2. The maximum Gasteiger partial charge on any atom is 0.272 e. The third-order valence-electron chi connectivity index (χ3n) is 5.24. The SMILES string of the molecule is CN(C)Cc1ccc(-c2ccccc2CNC(=O)c2n[nH]c3c2CNCC3)cc1. The zero-order valence-electron chi connectivity index (χ0n) is 17.0. The van der Waals surface area contributed by atoms with Gasteiger partial charge in [0.05, 0.1) is 0 Å². The lowest BCUT2D eigenvalue weighted by atomic mass is 9.98. The molecular weight excluding hydrogens is 362 g/mol. The van der Waals surface area contributed by atoms with Gasteiger partial charge in [-0.2, -0.15) is 5.10 Å². The van der Waals surface area contributed by atoms with Crippen LogP contribution in [0.15, 0.2) is 48.5 Å². The van der Waals surface area contributed by atoms with Crippen LogP contribution in [-0.2, 0) is 26.1 Å². The molecule has 0 atom stereocenters. The van der Waals surface area contributed by atoms with E-state index in [-0.39, 0.29) is 5.91 Å². The molecule has 29 heavy (non-hydrogen) atoms. The maximum absolute atomic E-state index is 12.7. The Kier molecular flexibility index (Phi) is 5.74. The van der Waals surface area contributed by atoms with E-state index in [4.69, 9.17) is 0 Å². The fourth-order valence-electron chi connectivity index (χ4n) is 3.78. The van der Waals surface area contributed by atoms with Crippen LogP contribution in [0.2, 0.25) is 0 Å². The van der Waals surface area contributed by atoms with Gasteiger partial charge in [-0.1, -0.05) is 48.5 Å². The Morgan fingerprint density at radius 2 is 1.93 bits per heavy atom. The molecule has 1 aliphatic rings. The molecule has 0 bridgehead atoms. The second-order valence-electron chi connectivity index (χ2n) is 7.73. The summed E-state index contributed by atoms with van der Waals surface area (Å²) in [6.07, 6.45) is 0.877. The number of hydrogen-bond acceptors (Lipinski definition) is 4. The molecule has 0 radical (unpaired) electrons. The van der Waals surface area contributed by atoms with Crippen molar-refractivity contribution in [2.75, 3.05) is 20.6 Å². The molecule has 2 aromatic carbocycles. The molecule has 1 amide bonds. The van der Waals surface area contributed by atoms with Crippen LogP contribution in [0.1, 0.15) is 32.9 Å². The Morgan fingerprint density at radius 3 is 2.72 bits per heavy atom. The Balaban J connectivity index is 1.49. The van der Waals surface area contributed by atoms with Crippen molar-refractivity contribution in [3.05, 3.63) is 76.6 Å². The van der Waals surface area contributed by atoms with Gasteiger partial charge >= 0.3 is 0 Å². The van der Waals surface area contributed by atoms with Crippen LogP contribution < -0.4 is 10.6 Å². The average molecular weight is 390 g/mol. The van der Waals surface area contributed by atoms with Crippen LogP contribution in [0.3, 0.4) is 0 Å². The van der Waals surface area contributed by atoms with Gasteiger partial charge in [0.1, 0.15) is 0 Å². The first-order valence-electron chi connectivity index (χ1n) is 9.99. The molecule has 0 fully saturated rings. The normalized spacial score (nSPS) is 13.3. The topological polar surface area (TPSA) is 73.0 Å². The average Bonchev–Trinajstić information content (AvgIpc) is 3.17. The van der Waals surface area contributed by atoms with E-state index in [0.29, 0.717) is 18.8 Å². The minimum Gasteiger partial charge on any atom is -0.347 e. The summed E-state index contributed by atoms with van der Waals surface area (Å²) in [5.41, 5.74) is 7.20.